The van der Waals surface area contributed by atoms with Crippen molar-refractivity contribution in [1.82, 2.24) is 20.2 Å². The van der Waals surface area contributed by atoms with Crippen LogP contribution in [0.3, 0.4) is 0 Å². The molecule has 2 aromatic rings. The predicted molar refractivity (Wildman–Crippen MR) is 48.2 cm³/mol. The first-order valence-corrected chi connectivity index (χ1v) is 4.73. The number of hydrogen-bond acceptors (Lipinski definition) is 5. The minimum Gasteiger partial charge on any atom is -0.261 e. The summed E-state index contributed by atoms with van der Waals surface area (Å²) in [5.74, 6) is 0. The van der Waals surface area contributed by atoms with Crippen LogP contribution in [-0.2, 0) is 0 Å². The Morgan fingerprint density at radius 3 is 3.08 bits per heavy atom. The number of H-pyrrole nitrogens is 1. The minimum atomic E-state index is 0.364. The van der Waals surface area contributed by atoms with E-state index in [1.807, 2.05) is 12.3 Å². The molecule has 13 heavy (non-hydrogen) atoms. The molecule has 0 bridgehead atoms. The van der Waals surface area contributed by atoms with Gasteiger partial charge in [-0.2, -0.15) is 10.4 Å². The second kappa shape index (κ2) is 3.03. The number of fused-ring (bicyclic) bond motifs is 1. The quantitative estimate of drug-likeness (QED) is 0.536. The summed E-state index contributed by atoms with van der Waals surface area (Å²) in [7, 11) is 0. The molecule has 0 fully saturated rings. The second-order valence-corrected chi connectivity index (χ2v) is 3.08. The summed E-state index contributed by atoms with van der Waals surface area (Å²) in [4.78, 5) is 8.19. The molecule has 0 spiro atoms. The zero-order valence-electron chi connectivity index (χ0n) is 6.77. The van der Waals surface area contributed by atoms with Crippen LogP contribution < -0.4 is 0 Å². The Balaban J connectivity index is 2.79. The van der Waals surface area contributed by atoms with Gasteiger partial charge in [-0.25, -0.2) is 9.97 Å². The van der Waals surface area contributed by atoms with E-state index in [1.54, 1.807) is 6.20 Å². The molecule has 0 aliphatic carbocycles. The molecule has 2 rings (SSSR count). The summed E-state index contributed by atoms with van der Waals surface area (Å²) < 4.78 is 0. The van der Waals surface area contributed by atoms with Crippen molar-refractivity contribution >= 4 is 22.8 Å². The van der Waals surface area contributed by atoms with Crippen LogP contribution in [-0.4, -0.2) is 26.4 Å². The van der Waals surface area contributed by atoms with Gasteiger partial charge in [-0.1, -0.05) is 11.8 Å². The number of nitrogens with one attached hydrogen (secondary N) is 1. The van der Waals surface area contributed by atoms with Crippen molar-refractivity contribution in [2.24, 2.45) is 0 Å². The number of nitriles is 1. The van der Waals surface area contributed by atoms with Gasteiger partial charge in [-0.3, -0.25) is 5.10 Å². The van der Waals surface area contributed by atoms with E-state index >= 15 is 0 Å². The molecule has 0 amide bonds. The third-order valence-electron chi connectivity index (χ3n) is 1.58. The van der Waals surface area contributed by atoms with Crippen molar-refractivity contribution in [2.45, 2.75) is 5.16 Å². The Morgan fingerprint density at radius 1 is 1.54 bits per heavy atom. The molecule has 0 aromatic carbocycles. The van der Waals surface area contributed by atoms with Gasteiger partial charge in [0.15, 0.2) is 16.5 Å². The fourth-order valence-corrected chi connectivity index (χ4v) is 1.36. The van der Waals surface area contributed by atoms with E-state index in [2.05, 4.69) is 20.2 Å². The molecule has 0 saturated carbocycles. The molecule has 0 unspecified atom stereocenters. The Kier molecular flexibility index (Phi) is 1.87. The van der Waals surface area contributed by atoms with E-state index < -0.39 is 0 Å². The van der Waals surface area contributed by atoms with Crippen LogP contribution >= 0.6 is 11.8 Å². The Labute approximate surface area is 78.2 Å². The Bertz CT molecular complexity index is 483. The largest absolute Gasteiger partial charge is 0.261 e. The molecule has 6 heteroatoms. The summed E-state index contributed by atoms with van der Waals surface area (Å²) >= 11 is 1.40. The monoisotopic (exact) mass is 191 g/mol. The van der Waals surface area contributed by atoms with Crippen molar-refractivity contribution in [3.8, 4) is 6.07 Å². The van der Waals surface area contributed by atoms with Gasteiger partial charge in [-0.15, -0.1) is 0 Å². The minimum absolute atomic E-state index is 0.364. The van der Waals surface area contributed by atoms with Crippen molar-refractivity contribution in [3.05, 3.63) is 11.9 Å². The third kappa shape index (κ3) is 1.23. The summed E-state index contributed by atoms with van der Waals surface area (Å²) in [6, 6.07) is 2.01. The van der Waals surface area contributed by atoms with E-state index in [0.717, 1.165) is 0 Å². The van der Waals surface area contributed by atoms with Crippen molar-refractivity contribution in [2.75, 3.05) is 6.26 Å². The van der Waals surface area contributed by atoms with Crippen molar-refractivity contribution in [1.29, 1.82) is 5.26 Å². The van der Waals surface area contributed by atoms with Gasteiger partial charge in [0.25, 0.3) is 0 Å². The zero-order chi connectivity index (χ0) is 9.26. The molecule has 0 atom stereocenters. The number of hydrogen-bond donors (Lipinski definition) is 1. The van der Waals surface area contributed by atoms with Gasteiger partial charge < -0.3 is 0 Å². The molecule has 2 aromatic heterocycles. The maximum atomic E-state index is 8.78. The molecule has 5 nitrogen and oxygen atoms in total. The molecule has 1 N–H and O–H groups in total. The topological polar surface area (TPSA) is 78.2 Å². The van der Waals surface area contributed by atoms with Crippen LogP contribution in [0.15, 0.2) is 11.4 Å². The van der Waals surface area contributed by atoms with Gasteiger partial charge in [0.1, 0.15) is 6.07 Å². The Morgan fingerprint density at radius 2 is 2.38 bits per heavy atom. The molecule has 0 saturated heterocycles. The fourth-order valence-electron chi connectivity index (χ4n) is 0.991. The van der Waals surface area contributed by atoms with Crippen LogP contribution in [0.25, 0.3) is 11.0 Å². The normalized spacial score (nSPS) is 10.2. The summed E-state index contributed by atoms with van der Waals surface area (Å²) in [5.41, 5.74) is 0.971. The number of aromatic nitrogens is 4. The van der Waals surface area contributed by atoms with E-state index in [0.29, 0.717) is 21.9 Å². The van der Waals surface area contributed by atoms with Crippen LogP contribution in [0.4, 0.5) is 0 Å². The first-order valence-electron chi connectivity index (χ1n) is 3.50. The third-order valence-corrected chi connectivity index (χ3v) is 2.13. The number of rotatable bonds is 1. The van der Waals surface area contributed by atoms with Crippen molar-refractivity contribution in [3.63, 3.8) is 0 Å². The highest BCUT2D eigenvalue weighted by atomic mass is 32.2. The molecular weight excluding hydrogens is 186 g/mol. The van der Waals surface area contributed by atoms with Crippen molar-refractivity contribution < 1.29 is 0 Å². The SMILES string of the molecule is CSc1nc(C#N)c2cn[nH]c2n1. The summed E-state index contributed by atoms with van der Waals surface area (Å²) in [6.07, 6.45) is 3.41. The van der Waals surface area contributed by atoms with Crippen LogP contribution in [0.2, 0.25) is 0 Å². The van der Waals surface area contributed by atoms with E-state index in [4.69, 9.17) is 5.26 Å². The highest BCUT2D eigenvalue weighted by Crippen LogP contribution is 2.16. The molecule has 2 heterocycles. The van der Waals surface area contributed by atoms with E-state index in [1.165, 1.54) is 11.8 Å². The molecule has 0 aliphatic rings. The molecule has 64 valence electrons. The van der Waals surface area contributed by atoms with Gasteiger partial charge in [0.2, 0.25) is 0 Å². The smallest absolute Gasteiger partial charge is 0.190 e. The van der Waals surface area contributed by atoms with E-state index in [9.17, 15) is 0 Å². The van der Waals surface area contributed by atoms with Gasteiger partial charge >= 0.3 is 0 Å². The highest BCUT2D eigenvalue weighted by Gasteiger charge is 2.07. The number of aromatic amines is 1. The lowest BCUT2D eigenvalue weighted by Crippen LogP contribution is -1.91. The average Bonchev–Trinajstić information content (AvgIpc) is 2.63. The molecule has 0 aliphatic heterocycles. The van der Waals surface area contributed by atoms with Crippen LogP contribution in [0, 0.1) is 11.3 Å². The lowest BCUT2D eigenvalue weighted by Gasteiger charge is -1.95. The van der Waals surface area contributed by atoms with Gasteiger partial charge in [-0.05, 0) is 6.26 Å². The average molecular weight is 191 g/mol. The first-order chi connectivity index (χ1) is 6.35. The predicted octanol–water partition coefficient (Wildman–Crippen LogP) is 0.946. The lowest BCUT2D eigenvalue weighted by atomic mass is 10.3. The summed E-state index contributed by atoms with van der Waals surface area (Å²) in [5, 5.41) is 16.5. The maximum absolute atomic E-state index is 8.78. The molecule has 0 radical (unpaired) electrons. The van der Waals surface area contributed by atoms with Gasteiger partial charge in [0, 0.05) is 0 Å². The standard InChI is InChI=1S/C7H5N5S/c1-13-7-10-5(2-8)4-3-9-12-6(4)11-7/h3H,1H3,(H,9,10,11,12). The van der Waals surface area contributed by atoms with E-state index in [-0.39, 0.29) is 0 Å². The second-order valence-electron chi connectivity index (χ2n) is 2.30. The Hall–Kier alpha value is -1.61. The fraction of sp³-hybridized carbons (Fsp3) is 0.143. The zero-order valence-corrected chi connectivity index (χ0v) is 7.59. The highest BCUT2D eigenvalue weighted by molar-refractivity contribution is 7.98. The molecular formula is C7H5N5S. The van der Waals surface area contributed by atoms with Crippen LogP contribution in [0.1, 0.15) is 5.69 Å². The number of nitrogens with zero attached hydrogens (tertiary/aromatic N) is 4. The lowest BCUT2D eigenvalue weighted by molar-refractivity contribution is 0.973. The number of thioether (sulfide) groups is 1. The van der Waals surface area contributed by atoms with Crippen LogP contribution in [0.5, 0.6) is 0 Å². The first kappa shape index (κ1) is 8.01. The maximum Gasteiger partial charge on any atom is 0.190 e. The summed E-state index contributed by atoms with van der Waals surface area (Å²) in [6.45, 7) is 0. The van der Waals surface area contributed by atoms with Gasteiger partial charge in [0.05, 0.1) is 11.6 Å².